The summed E-state index contributed by atoms with van der Waals surface area (Å²) in [6.07, 6.45) is 2.32. The van der Waals surface area contributed by atoms with Crippen LogP contribution in [0.3, 0.4) is 0 Å². The maximum Gasteiger partial charge on any atom is 0.115 e. The third-order valence-electron chi connectivity index (χ3n) is 2.10. The Morgan fingerprint density at radius 3 is 2.46 bits per heavy atom. The molecule has 0 saturated heterocycles. The van der Waals surface area contributed by atoms with E-state index in [1.165, 1.54) is 0 Å². The van der Waals surface area contributed by atoms with Gasteiger partial charge >= 0.3 is 0 Å². The summed E-state index contributed by atoms with van der Waals surface area (Å²) in [5.41, 5.74) is 6.54. The summed E-state index contributed by atoms with van der Waals surface area (Å²) in [4.78, 5) is 4.25. The van der Waals surface area contributed by atoms with Crippen LogP contribution in [0.25, 0.3) is 0 Å². The molecule has 0 unspecified atom stereocenters. The Morgan fingerprint density at radius 1 is 1.31 bits per heavy atom. The third kappa shape index (κ3) is 1.99. The number of hydrogen-bond acceptors (Lipinski definition) is 2. The van der Waals surface area contributed by atoms with E-state index in [1.54, 1.807) is 24.3 Å². The van der Waals surface area contributed by atoms with Crippen LogP contribution >= 0.6 is 0 Å². The first kappa shape index (κ1) is 8.10. The van der Waals surface area contributed by atoms with Gasteiger partial charge in [-0.25, -0.2) is 4.99 Å². The Balaban J connectivity index is 2.16. The second kappa shape index (κ2) is 3.09. The van der Waals surface area contributed by atoms with Crippen LogP contribution in [0.1, 0.15) is 12.8 Å². The molecule has 2 rings (SSSR count). The van der Waals surface area contributed by atoms with Crippen LogP contribution in [0.2, 0.25) is 0 Å². The van der Waals surface area contributed by atoms with Crippen LogP contribution in [0, 0.1) is 5.92 Å². The SMILES string of the molecule is NC(=Nc1ccc(O)cc1)C1CC1. The molecule has 68 valence electrons. The summed E-state index contributed by atoms with van der Waals surface area (Å²) in [5, 5.41) is 9.03. The summed E-state index contributed by atoms with van der Waals surface area (Å²) < 4.78 is 0. The van der Waals surface area contributed by atoms with Gasteiger partial charge in [0, 0.05) is 5.92 Å². The molecule has 0 heterocycles. The van der Waals surface area contributed by atoms with Gasteiger partial charge in [0.05, 0.1) is 5.69 Å². The van der Waals surface area contributed by atoms with E-state index in [-0.39, 0.29) is 5.75 Å². The van der Waals surface area contributed by atoms with E-state index in [9.17, 15) is 0 Å². The van der Waals surface area contributed by atoms with Crippen molar-refractivity contribution < 1.29 is 5.11 Å². The molecule has 13 heavy (non-hydrogen) atoms. The fourth-order valence-corrected chi connectivity index (χ4v) is 1.15. The second-order valence-corrected chi connectivity index (χ2v) is 3.33. The number of nitrogens with zero attached hydrogens (tertiary/aromatic N) is 1. The van der Waals surface area contributed by atoms with Gasteiger partial charge in [-0.1, -0.05) is 0 Å². The van der Waals surface area contributed by atoms with Gasteiger partial charge in [0.25, 0.3) is 0 Å². The third-order valence-corrected chi connectivity index (χ3v) is 2.10. The summed E-state index contributed by atoms with van der Waals surface area (Å²) in [5.74, 6) is 1.46. The van der Waals surface area contributed by atoms with Crippen molar-refractivity contribution in [3.8, 4) is 5.75 Å². The van der Waals surface area contributed by atoms with Gasteiger partial charge in [0.15, 0.2) is 0 Å². The van der Waals surface area contributed by atoms with Crippen molar-refractivity contribution in [2.45, 2.75) is 12.8 Å². The molecule has 0 aliphatic heterocycles. The molecule has 1 saturated carbocycles. The van der Waals surface area contributed by atoms with Gasteiger partial charge in [0.1, 0.15) is 11.6 Å². The monoisotopic (exact) mass is 176 g/mol. The molecule has 0 bridgehead atoms. The highest BCUT2D eigenvalue weighted by Crippen LogP contribution is 2.30. The number of rotatable bonds is 2. The molecule has 1 aromatic carbocycles. The average Bonchev–Trinajstić information content (AvgIpc) is 2.91. The topological polar surface area (TPSA) is 58.6 Å². The van der Waals surface area contributed by atoms with Gasteiger partial charge in [-0.3, -0.25) is 0 Å². The molecule has 1 aromatic rings. The van der Waals surface area contributed by atoms with Crippen LogP contribution in [-0.4, -0.2) is 10.9 Å². The van der Waals surface area contributed by atoms with Crippen molar-refractivity contribution in [3.63, 3.8) is 0 Å². The van der Waals surface area contributed by atoms with E-state index < -0.39 is 0 Å². The first-order chi connectivity index (χ1) is 6.25. The van der Waals surface area contributed by atoms with Crippen LogP contribution in [0.4, 0.5) is 5.69 Å². The number of aliphatic imine (C=N–C) groups is 1. The lowest BCUT2D eigenvalue weighted by Gasteiger charge is -1.97. The van der Waals surface area contributed by atoms with Gasteiger partial charge in [-0.2, -0.15) is 0 Å². The van der Waals surface area contributed by atoms with Crippen molar-refractivity contribution in [1.82, 2.24) is 0 Å². The van der Waals surface area contributed by atoms with Crippen molar-refractivity contribution in [2.24, 2.45) is 16.6 Å². The molecule has 0 amide bonds. The van der Waals surface area contributed by atoms with E-state index in [2.05, 4.69) is 4.99 Å². The largest absolute Gasteiger partial charge is 0.508 e. The Kier molecular flexibility index (Phi) is 1.93. The molecule has 3 heteroatoms. The van der Waals surface area contributed by atoms with E-state index >= 15 is 0 Å². The standard InChI is InChI=1S/C10H12N2O/c11-10(7-1-2-7)12-8-3-5-9(13)6-4-8/h3-7,13H,1-2H2,(H2,11,12). The van der Waals surface area contributed by atoms with Crippen LogP contribution in [0.15, 0.2) is 29.3 Å². The highest BCUT2D eigenvalue weighted by atomic mass is 16.3. The highest BCUT2D eigenvalue weighted by Gasteiger charge is 2.25. The van der Waals surface area contributed by atoms with Crippen LogP contribution < -0.4 is 5.73 Å². The molecule has 3 nitrogen and oxygen atoms in total. The van der Waals surface area contributed by atoms with Crippen LogP contribution in [0.5, 0.6) is 5.75 Å². The number of amidine groups is 1. The average molecular weight is 176 g/mol. The van der Waals surface area contributed by atoms with Gasteiger partial charge < -0.3 is 10.8 Å². The van der Waals surface area contributed by atoms with E-state index in [0.29, 0.717) is 11.8 Å². The first-order valence-corrected chi connectivity index (χ1v) is 4.39. The molecule has 1 aliphatic rings. The van der Waals surface area contributed by atoms with E-state index in [1.807, 2.05) is 0 Å². The fourth-order valence-electron chi connectivity index (χ4n) is 1.15. The van der Waals surface area contributed by atoms with E-state index in [4.69, 9.17) is 10.8 Å². The molecule has 0 radical (unpaired) electrons. The number of nitrogens with two attached hydrogens (primary N) is 1. The molecule has 3 N–H and O–H groups in total. The van der Waals surface area contributed by atoms with Crippen LogP contribution in [-0.2, 0) is 0 Å². The summed E-state index contributed by atoms with van der Waals surface area (Å²) in [7, 11) is 0. The zero-order valence-corrected chi connectivity index (χ0v) is 7.27. The minimum atomic E-state index is 0.254. The van der Waals surface area contributed by atoms with Crippen molar-refractivity contribution in [2.75, 3.05) is 0 Å². The van der Waals surface area contributed by atoms with E-state index in [0.717, 1.165) is 18.5 Å². The second-order valence-electron chi connectivity index (χ2n) is 3.33. The Labute approximate surface area is 76.9 Å². The fraction of sp³-hybridized carbons (Fsp3) is 0.300. The van der Waals surface area contributed by atoms with Crippen molar-refractivity contribution in [3.05, 3.63) is 24.3 Å². The zero-order valence-electron chi connectivity index (χ0n) is 7.27. The normalized spacial score (nSPS) is 17.4. The summed E-state index contributed by atoms with van der Waals surface area (Å²) in [6.45, 7) is 0. The van der Waals surface area contributed by atoms with Crippen molar-refractivity contribution in [1.29, 1.82) is 0 Å². The molecule has 1 fully saturated rings. The van der Waals surface area contributed by atoms with Gasteiger partial charge in [-0.15, -0.1) is 0 Å². The van der Waals surface area contributed by atoms with Gasteiger partial charge in [0.2, 0.25) is 0 Å². The molecule has 1 aliphatic carbocycles. The maximum atomic E-state index is 9.03. The lowest BCUT2D eigenvalue weighted by atomic mass is 10.3. The number of hydrogen-bond donors (Lipinski definition) is 2. The highest BCUT2D eigenvalue weighted by molar-refractivity contribution is 5.87. The molecule has 0 spiro atoms. The quantitative estimate of drug-likeness (QED) is 0.533. The number of phenolic OH excluding ortho intramolecular Hbond substituents is 1. The smallest absolute Gasteiger partial charge is 0.115 e. The van der Waals surface area contributed by atoms with Crippen molar-refractivity contribution >= 4 is 11.5 Å². The molecule has 0 aromatic heterocycles. The number of phenols is 1. The predicted molar refractivity (Wildman–Crippen MR) is 52.1 cm³/mol. The number of benzene rings is 1. The Morgan fingerprint density at radius 2 is 1.92 bits per heavy atom. The summed E-state index contributed by atoms with van der Waals surface area (Å²) in [6, 6.07) is 6.73. The summed E-state index contributed by atoms with van der Waals surface area (Å²) >= 11 is 0. The molecular weight excluding hydrogens is 164 g/mol. The minimum Gasteiger partial charge on any atom is -0.508 e. The van der Waals surface area contributed by atoms with Gasteiger partial charge in [-0.05, 0) is 37.1 Å². The lowest BCUT2D eigenvalue weighted by Crippen LogP contribution is -2.12. The maximum absolute atomic E-state index is 9.03. The Bertz CT molecular complexity index is 325. The number of aromatic hydroxyl groups is 1. The lowest BCUT2D eigenvalue weighted by molar-refractivity contribution is 0.475. The molecular formula is C10H12N2O. The Hall–Kier alpha value is -1.51. The predicted octanol–water partition coefficient (Wildman–Crippen LogP) is 1.79. The first-order valence-electron chi connectivity index (χ1n) is 4.39. The minimum absolute atomic E-state index is 0.254. The zero-order chi connectivity index (χ0) is 9.26. The molecule has 0 atom stereocenters.